The minimum Gasteiger partial charge on any atom is -0.348 e. The molecule has 0 aliphatic rings. The maximum atomic E-state index is 11.4. The second kappa shape index (κ2) is 4.18. The number of hydrogen-bond acceptors (Lipinski definition) is 3. The maximum Gasteiger partial charge on any atom is 0.229 e. The fraction of sp³-hybridized carbons (Fsp3) is 0.333. The number of carbonyl (C=O) groups excluding carboxylic acids is 2. The van der Waals surface area contributed by atoms with Crippen LogP contribution in [0.25, 0.3) is 0 Å². The molecule has 1 rings (SSSR count). The molecule has 0 radical (unpaired) electrons. The molecule has 1 aromatic heterocycles. The summed E-state index contributed by atoms with van der Waals surface area (Å²) in [4.78, 5) is 24.0. The van der Waals surface area contributed by atoms with Crippen LogP contribution in [0, 0.1) is 0 Å². The molecule has 1 amide bonds. The molecule has 0 atom stereocenters. The van der Waals surface area contributed by atoms with E-state index in [9.17, 15) is 9.59 Å². The first-order valence-corrected chi connectivity index (χ1v) is 4.81. The van der Waals surface area contributed by atoms with Crippen LogP contribution in [0.4, 0.5) is 0 Å². The van der Waals surface area contributed by atoms with Gasteiger partial charge < -0.3 is 4.90 Å². The predicted molar refractivity (Wildman–Crippen MR) is 52.0 cm³/mol. The Morgan fingerprint density at radius 1 is 1.46 bits per heavy atom. The normalized spacial score (nSPS) is 9.69. The van der Waals surface area contributed by atoms with Gasteiger partial charge in [-0.25, -0.2) is 0 Å². The first-order chi connectivity index (χ1) is 6.11. The Labute approximate surface area is 81.0 Å². The van der Waals surface area contributed by atoms with Crippen LogP contribution in [0.5, 0.6) is 0 Å². The lowest BCUT2D eigenvalue weighted by molar-refractivity contribution is -0.127. The predicted octanol–water partition coefficient (Wildman–Crippen LogP) is 1.41. The van der Waals surface area contributed by atoms with Gasteiger partial charge in [0.2, 0.25) is 5.91 Å². The third kappa shape index (κ3) is 2.66. The van der Waals surface area contributed by atoms with Crippen molar-refractivity contribution in [1.29, 1.82) is 0 Å². The topological polar surface area (TPSA) is 37.4 Å². The van der Waals surface area contributed by atoms with Crippen LogP contribution >= 0.6 is 11.3 Å². The summed E-state index contributed by atoms with van der Waals surface area (Å²) in [5, 5.41) is 3.58. The van der Waals surface area contributed by atoms with E-state index >= 15 is 0 Å². The summed E-state index contributed by atoms with van der Waals surface area (Å²) in [5.74, 6) is -0.267. The van der Waals surface area contributed by atoms with Gasteiger partial charge in [0.25, 0.3) is 0 Å². The van der Waals surface area contributed by atoms with Crippen molar-refractivity contribution < 1.29 is 9.59 Å². The Morgan fingerprint density at radius 2 is 2.15 bits per heavy atom. The van der Waals surface area contributed by atoms with Gasteiger partial charge in [-0.05, 0) is 11.4 Å². The third-order valence-electron chi connectivity index (χ3n) is 1.65. The molecule has 0 unspecified atom stereocenters. The van der Waals surface area contributed by atoms with Crippen LogP contribution in [0.15, 0.2) is 16.8 Å². The summed E-state index contributed by atoms with van der Waals surface area (Å²) in [5.41, 5.74) is 0.625. The van der Waals surface area contributed by atoms with Gasteiger partial charge in [-0.1, -0.05) is 0 Å². The van der Waals surface area contributed by atoms with Crippen molar-refractivity contribution in [1.82, 2.24) is 4.90 Å². The van der Waals surface area contributed by atoms with E-state index in [2.05, 4.69) is 0 Å². The van der Waals surface area contributed by atoms with Gasteiger partial charge in [-0.3, -0.25) is 9.59 Å². The fourth-order valence-corrected chi connectivity index (χ4v) is 1.48. The Hall–Kier alpha value is -1.16. The van der Waals surface area contributed by atoms with E-state index in [0.717, 1.165) is 0 Å². The Bertz CT molecular complexity index is 303. The highest BCUT2D eigenvalue weighted by Crippen LogP contribution is 2.09. The summed E-state index contributed by atoms with van der Waals surface area (Å²) >= 11 is 1.46. The molecule has 0 aliphatic carbocycles. The van der Waals surface area contributed by atoms with E-state index in [4.69, 9.17) is 0 Å². The summed E-state index contributed by atoms with van der Waals surface area (Å²) in [6.45, 7) is 0. The van der Waals surface area contributed by atoms with Crippen molar-refractivity contribution in [2.75, 3.05) is 14.1 Å². The van der Waals surface area contributed by atoms with E-state index in [1.54, 1.807) is 25.5 Å². The van der Waals surface area contributed by atoms with Crippen molar-refractivity contribution in [2.24, 2.45) is 0 Å². The van der Waals surface area contributed by atoms with Gasteiger partial charge in [-0.15, -0.1) is 0 Å². The zero-order chi connectivity index (χ0) is 9.84. The van der Waals surface area contributed by atoms with Crippen molar-refractivity contribution in [3.8, 4) is 0 Å². The zero-order valence-corrected chi connectivity index (χ0v) is 8.43. The fourth-order valence-electron chi connectivity index (χ4n) is 0.821. The second-order valence-electron chi connectivity index (χ2n) is 2.90. The van der Waals surface area contributed by atoms with E-state index in [1.165, 1.54) is 16.2 Å². The van der Waals surface area contributed by atoms with Crippen molar-refractivity contribution >= 4 is 23.0 Å². The van der Waals surface area contributed by atoms with Crippen LogP contribution in [-0.4, -0.2) is 30.7 Å². The summed E-state index contributed by atoms with van der Waals surface area (Å²) in [7, 11) is 3.28. The lowest BCUT2D eigenvalue weighted by atomic mass is 10.1. The zero-order valence-electron chi connectivity index (χ0n) is 7.61. The molecule has 0 aromatic carbocycles. The lowest BCUT2D eigenvalue weighted by Gasteiger charge is -2.08. The average molecular weight is 197 g/mol. The number of carbonyl (C=O) groups is 2. The van der Waals surface area contributed by atoms with Crippen molar-refractivity contribution in [3.63, 3.8) is 0 Å². The number of rotatable bonds is 3. The van der Waals surface area contributed by atoms with Crippen LogP contribution < -0.4 is 0 Å². The first-order valence-electron chi connectivity index (χ1n) is 3.87. The number of amides is 1. The molecular formula is C9H11NO2S. The molecule has 0 saturated carbocycles. The molecule has 4 heteroatoms. The van der Waals surface area contributed by atoms with Gasteiger partial charge in [0, 0.05) is 25.0 Å². The van der Waals surface area contributed by atoms with Crippen molar-refractivity contribution in [3.05, 3.63) is 22.4 Å². The first kappa shape index (κ1) is 9.92. The molecule has 0 N–H and O–H groups in total. The van der Waals surface area contributed by atoms with E-state index in [-0.39, 0.29) is 18.1 Å². The highest BCUT2D eigenvalue weighted by molar-refractivity contribution is 7.08. The summed E-state index contributed by atoms with van der Waals surface area (Å²) in [6.07, 6.45) is -0.0380. The maximum absolute atomic E-state index is 11.4. The Morgan fingerprint density at radius 3 is 2.62 bits per heavy atom. The summed E-state index contributed by atoms with van der Waals surface area (Å²) < 4.78 is 0. The monoisotopic (exact) mass is 197 g/mol. The van der Waals surface area contributed by atoms with Gasteiger partial charge >= 0.3 is 0 Å². The molecule has 70 valence electrons. The molecule has 3 nitrogen and oxygen atoms in total. The lowest BCUT2D eigenvalue weighted by Crippen LogP contribution is -2.24. The SMILES string of the molecule is CN(C)C(=O)CC(=O)c1ccsc1. The number of hydrogen-bond donors (Lipinski definition) is 0. The van der Waals surface area contributed by atoms with Gasteiger partial charge in [0.15, 0.2) is 5.78 Å². The highest BCUT2D eigenvalue weighted by Gasteiger charge is 2.12. The number of nitrogens with zero attached hydrogens (tertiary/aromatic N) is 1. The van der Waals surface area contributed by atoms with Gasteiger partial charge in [0.05, 0.1) is 6.42 Å². The molecule has 1 heterocycles. The molecule has 13 heavy (non-hydrogen) atoms. The van der Waals surface area contributed by atoms with Crippen LogP contribution in [-0.2, 0) is 4.79 Å². The average Bonchev–Trinajstić information content (AvgIpc) is 2.55. The van der Waals surface area contributed by atoms with Crippen molar-refractivity contribution in [2.45, 2.75) is 6.42 Å². The molecule has 0 fully saturated rings. The van der Waals surface area contributed by atoms with Crippen LogP contribution in [0.3, 0.4) is 0 Å². The Kier molecular flexibility index (Phi) is 3.19. The van der Waals surface area contributed by atoms with Gasteiger partial charge in [0.1, 0.15) is 0 Å². The minimum absolute atomic E-state index is 0.0380. The minimum atomic E-state index is -0.156. The molecule has 0 bridgehead atoms. The van der Waals surface area contributed by atoms with Crippen LogP contribution in [0.2, 0.25) is 0 Å². The molecule has 0 aliphatic heterocycles. The second-order valence-corrected chi connectivity index (χ2v) is 3.68. The number of ketones is 1. The number of Topliss-reactive ketones (excluding diaryl/α,β-unsaturated/α-hetero) is 1. The number of thiophene rings is 1. The standard InChI is InChI=1S/C9H11NO2S/c1-10(2)9(12)5-8(11)7-3-4-13-6-7/h3-4,6H,5H2,1-2H3. The van der Waals surface area contributed by atoms with Gasteiger partial charge in [-0.2, -0.15) is 11.3 Å². The molecular weight excluding hydrogens is 186 g/mol. The van der Waals surface area contributed by atoms with E-state index in [1.807, 2.05) is 5.38 Å². The Balaban J connectivity index is 2.57. The van der Waals surface area contributed by atoms with E-state index < -0.39 is 0 Å². The molecule has 1 aromatic rings. The summed E-state index contributed by atoms with van der Waals surface area (Å²) in [6, 6.07) is 1.73. The molecule has 0 spiro atoms. The largest absolute Gasteiger partial charge is 0.348 e. The van der Waals surface area contributed by atoms with E-state index in [0.29, 0.717) is 5.56 Å². The third-order valence-corrected chi connectivity index (χ3v) is 2.34. The smallest absolute Gasteiger partial charge is 0.229 e. The molecule has 0 saturated heterocycles. The van der Waals surface area contributed by atoms with Crippen LogP contribution in [0.1, 0.15) is 16.8 Å². The quantitative estimate of drug-likeness (QED) is 0.542. The highest BCUT2D eigenvalue weighted by atomic mass is 32.1.